The van der Waals surface area contributed by atoms with E-state index in [9.17, 15) is 12.8 Å². The van der Waals surface area contributed by atoms with E-state index in [1.165, 1.54) is 6.07 Å². The highest BCUT2D eigenvalue weighted by Crippen LogP contribution is 2.24. The number of halogens is 1. The fourth-order valence-corrected chi connectivity index (χ4v) is 4.87. The summed E-state index contributed by atoms with van der Waals surface area (Å²) in [7, 11) is -2.92. The summed E-state index contributed by atoms with van der Waals surface area (Å²) in [5.74, 6) is 0.199. The fourth-order valence-electron chi connectivity index (χ4n) is 2.76. The number of nitrogens with one attached hydrogen (secondary N) is 1. The van der Waals surface area contributed by atoms with Gasteiger partial charge in [0.15, 0.2) is 9.84 Å². The van der Waals surface area contributed by atoms with Crippen LogP contribution in [0.3, 0.4) is 0 Å². The van der Waals surface area contributed by atoms with Crippen molar-refractivity contribution in [2.24, 2.45) is 0 Å². The van der Waals surface area contributed by atoms with E-state index < -0.39 is 9.84 Å². The molecule has 0 saturated carbocycles. The average Bonchev–Trinajstić information content (AvgIpc) is 2.56. The Morgan fingerprint density at radius 1 is 1.42 bits per heavy atom. The lowest BCUT2D eigenvalue weighted by Crippen LogP contribution is -2.48. The average molecular weight is 285 g/mol. The lowest BCUT2D eigenvalue weighted by molar-refractivity contribution is 0.347. The first kappa shape index (κ1) is 14.5. The molecule has 2 unspecified atom stereocenters. The molecule has 5 heteroatoms. The Morgan fingerprint density at radius 2 is 2.11 bits per heavy atom. The van der Waals surface area contributed by atoms with Gasteiger partial charge in [-0.25, -0.2) is 12.8 Å². The van der Waals surface area contributed by atoms with Gasteiger partial charge in [-0.15, -0.1) is 0 Å². The highest BCUT2D eigenvalue weighted by Gasteiger charge is 2.38. The topological polar surface area (TPSA) is 46.2 Å². The Bertz CT molecular complexity index is 558. The Morgan fingerprint density at radius 3 is 2.68 bits per heavy atom. The Labute approximate surface area is 114 Å². The number of rotatable bonds is 4. The van der Waals surface area contributed by atoms with Gasteiger partial charge in [-0.1, -0.05) is 18.2 Å². The van der Waals surface area contributed by atoms with Crippen LogP contribution >= 0.6 is 0 Å². The molecule has 2 atom stereocenters. The van der Waals surface area contributed by atoms with Crippen LogP contribution in [0.25, 0.3) is 0 Å². The summed E-state index contributed by atoms with van der Waals surface area (Å²) in [6.45, 7) is 3.89. The minimum absolute atomic E-state index is 0.0372. The fraction of sp³-hybridized carbons (Fsp3) is 0.571. The molecule has 0 radical (unpaired) electrons. The molecular formula is C14H20FNO2S. The summed E-state index contributed by atoms with van der Waals surface area (Å²) in [5.41, 5.74) is 0.274. The maximum absolute atomic E-state index is 13.6. The Balaban J connectivity index is 1.99. The predicted molar refractivity (Wildman–Crippen MR) is 74.4 cm³/mol. The van der Waals surface area contributed by atoms with Gasteiger partial charge in [0, 0.05) is 11.6 Å². The van der Waals surface area contributed by atoms with E-state index in [-0.39, 0.29) is 28.9 Å². The number of hydrogen-bond donors (Lipinski definition) is 1. The van der Waals surface area contributed by atoms with Crippen LogP contribution in [0.1, 0.15) is 25.8 Å². The summed E-state index contributed by atoms with van der Waals surface area (Å²) >= 11 is 0. The molecule has 0 aliphatic carbocycles. The van der Waals surface area contributed by atoms with Crippen molar-refractivity contribution in [3.05, 3.63) is 35.6 Å². The van der Waals surface area contributed by atoms with E-state index in [2.05, 4.69) is 5.32 Å². The number of benzene rings is 1. The van der Waals surface area contributed by atoms with Crippen LogP contribution in [0, 0.1) is 5.82 Å². The smallest absolute Gasteiger partial charge is 0.152 e. The second kappa shape index (κ2) is 5.21. The molecule has 3 nitrogen and oxygen atoms in total. The maximum Gasteiger partial charge on any atom is 0.152 e. The molecule has 2 rings (SSSR count). The van der Waals surface area contributed by atoms with Gasteiger partial charge >= 0.3 is 0 Å². The van der Waals surface area contributed by atoms with Crippen LogP contribution in [0.4, 0.5) is 4.39 Å². The van der Waals surface area contributed by atoms with E-state index >= 15 is 0 Å². The normalized spacial score (nSPS) is 27.3. The van der Waals surface area contributed by atoms with E-state index in [1.54, 1.807) is 12.1 Å². The Hall–Kier alpha value is -0.940. The van der Waals surface area contributed by atoms with Crippen molar-refractivity contribution in [2.45, 2.75) is 38.3 Å². The third kappa shape index (κ3) is 3.76. The van der Waals surface area contributed by atoms with Crippen LogP contribution in [-0.4, -0.2) is 31.5 Å². The summed E-state index contributed by atoms with van der Waals surface area (Å²) < 4.78 is 36.6. The zero-order chi connectivity index (χ0) is 14.1. The van der Waals surface area contributed by atoms with Crippen LogP contribution in [0.2, 0.25) is 0 Å². The molecule has 1 aromatic rings. The third-order valence-electron chi connectivity index (χ3n) is 3.58. The number of sulfone groups is 1. The van der Waals surface area contributed by atoms with E-state index in [1.807, 2.05) is 19.9 Å². The largest absolute Gasteiger partial charge is 0.308 e. The molecule has 0 amide bonds. The van der Waals surface area contributed by atoms with Crippen LogP contribution in [-0.2, 0) is 16.3 Å². The molecule has 1 fully saturated rings. The lowest BCUT2D eigenvalue weighted by atomic mass is 9.98. The molecule has 1 aromatic carbocycles. The van der Waals surface area contributed by atoms with Crippen molar-refractivity contribution in [3.8, 4) is 0 Å². The first-order chi connectivity index (χ1) is 8.80. The van der Waals surface area contributed by atoms with Gasteiger partial charge in [0.1, 0.15) is 5.82 Å². The molecule has 1 saturated heterocycles. The van der Waals surface area contributed by atoms with E-state index in [4.69, 9.17) is 0 Å². The van der Waals surface area contributed by atoms with Gasteiger partial charge in [0.25, 0.3) is 0 Å². The first-order valence-electron chi connectivity index (χ1n) is 6.51. The maximum atomic E-state index is 13.6. The van der Waals surface area contributed by atoms with Gasteiger partial charge in [-0.3, -0.25) is 0 Å². The highest BCUT2D eigenvalue weighted by molar-refractivity contribution is 7.91. The zero-order valence-corrected chi connectivity index (χ0v) is 12.1. The second-order valence-corrected chi connectivity index (χ2v) is 7.93. The molecule has 0 spiro atoms. The zero-order valence-electron chi connectivity index (χ0n) is 11.3. The molecule has 106 valence electrons. The van der Waals surface area contributed by atoms with Gasteiger partial charge < -0.3 is 5.32 Å². The predicted octanol–water partition coefficient (Wildman–Crippen LogP) is 1.92. The van der Waals surface area contributed by atoms with Crippen LogP contribution < -0.4 is 5.32 Å². The molecular weight excluding hydrogens is 265 g/mol. The lowest BCUT2D eigenvalue weighted by Gasteiger charge is -2.28. The minimum atomic E-state index is -2.92. The quantitative estimate of drug-likeness (QED) is 0.919. The molecule has 0 aromatic heterocycles. The van der Waals surface area contributed by atoms with Crippen LogP contribution in [0.15, 0.2) is 24.3 Å². The molecule has 1 N–H and O–H groups in total. The molecule has 1 aliphatic rings. The van der Waals surface area contributed by atoms with Crippen molar-refractivity contribution >= 4 is 9.84 Å². The second-order valence-electron chi connectivity index (χ2n) is 5.74. The van der Waals surface area contributed by atoms with Gasteiger partial charge in [-0.2, -0.15) is 0 Å². The van der Waals surface area contributed by atoms with Crippen molar-refractivity contribution in [2.75, 3.05) is 11.5 Å². The summed E-state index contributed by atoms with van der Waals surface area (Å²) in [5, 5.41) is 3.34. The van der Waals surface area contributed by atoms with Crippen LogP contribution in [0.5, 0.6) is 0 Å². The standard InChI is InChI=1S/C14H20FNO2S/c1-11(9-12-5-3-4-6-13(12)15)16-14(2)7-8-19(17,18)10-14/h3-6,11,16H,7-10H2,1-2H3. The molecule has 1 aliphatic heterocycles. The van der Waals surface area contributed by atoms with E-state index in [0.717, 1.165) is 0 Å². The molecule has 19 heavy (non-hydrogen) atoms. The van der Waals surface area contributed by atoms with Gasteiger partial charge in [-0.05, 0) is 38.3 Å². The third-order valence-corrected chi connectivity index (χ3v) is 5.49. The van der Waals surface area contributed by atoms with Gasteiger partial charge in [0.05, 0.1) is 11.5 Å². The highest BCUT2D eigenvalue weighted by atomic mass is 32.2. The van der Waals surface area contributed by atoms with Gasteiger partial charge in [0.2, 0.25) is 0 Å². The van der Waals surface area contributed by atoms with Crippen molar-refractivity contribution < 1.29 is 12.8 Å². The van der Waals surface area contributed by atoms with Crippen molar-refractivity contribution in [1.82, 2.24) is 5.32 Å². The Kier molecular flexibility index (Phi) is 3.97. The summed E-state index contributed by atoms with van der Waals surface area (Å²) in [6, 6.07) is 6.73. The van der Waals surface area contributed by atoms with Crippen molar-refractivity contribution in [3.63, 3.8) is 0 Å². The molecule has 1 heterocycles. The summed E-state index contributed by atoms with van der Waals surface area (Å²) in [4.78, 5) is 0. The van der Waals surface area contributed by atoms with Crippen molar-refractivity contribution in [1.29, 1.82) is 0 Å². The monoisotopic (exact) mass is 285 g/mol. The molecule has 0 bridgehead atoms. The summed E-state index contributed by atoms with van der Waals surface area (Å²) in [6.07, 6.45) is 1.18. The van der Waals surface area contributed by atoms with E-state index in [0.29, 0.717) is 18.4 Å². The number of hydrogen-bond acceptors (Lipinski definition) is 3. The SMILES string of the molecule is CC(Cc1ccccc1F)NC1(C)CCS(=O)(=O)C1. The minimum Gasteiger partial charge on any atom is -0.308 e. The first-order valence-corrected chi connectivity index (χ1v) is 8.33.